The SMILES string of the molecule is Cc1nc(NCCc2nc(-c3cccnc3)no2)cc(C2CC(O)C2)n1. The fourth-order valence-corrected chi connectivity index (χ4v) is 2.99. The predicted molar refractivity (Wildman–Crippen MR) is 94.5 cm³/mol. The van der Waals surface area contributed by atoms with Gasteiger partial charge in [-0.2, -0.15) is 4.98 Å². The fourth-order valence-electron chi connectivity index (χ4n) is 2.99. The van der Waals surface area contributed by atoms with Crippen LogP contribution < -0.4 is 5.32 Å². The molecule has 0 amide bonds. The van der Waals surface area contributed by atoms with E-state index in [1.54, 1.807) is 12.4 Å². The van der Waals surface area contributed by atoms with Crippen LogP contribution in [0.1, 0.15) is 36.2 Å². The Labute approximate surface area is 150 Å². The first kappa shape index (κ1) is 16.6. The maximum Gasteiger partial charge on any atom is 0.228 e. The molecular formula is C18H20N6O2. The molecule has 134 valence electrons. The van der Waals surface area contributed by atoms with E-state index in [0.29, 0.717) is 30.6 Å². The van der Waals surface area contributed by atoms with Gasteiger partial charge in [0.1, 0.15) is 11.6 Å². The third-order valence-electron chi connectivity index (χ3n) is 4.42. The summed E-state index contributed by atoms with van der Waals surface area (Å²) in [5.74, 6) is 2.93. The van der Waals surface area contributed by atoms with Crippen LogP contribution >= 0.6 is 0 Å². The smallest absolute Gasteiger partial charge is 0.228 e. The average molecular weight is 352 g/mol. The predicted octanol–water partition coefficient (Wildman–Crippen LogP) is 2.12. The van der Waals surface area contributed by atoms with Gasteiger partial charge in [0.15, 0.2) is 0 Å². The summed E-state index contributed by atoms with van der Waals surface area (Å²) in [6, 6.07) is 5.68. The van der Waals surface area contributed by atoms with Crippen LogP contribution in [0.3, 0.4) is 0 Å². The number of hydrogen-bond acceptors (Lipinski definition) is 8. The molecule has 3 heterocycles. The molecule has 0 aromatic carbocycles. The minimum Gasteiger partial charge on any atom is -0.393 e. The average Bonchev–Trinajstić information content (AvgIpc) is 3.08. The number of aryl methyl sites for hydroxylation is 1. The zero-order valence-corrected chi connectivity index (χ0v) is 14.5. The van der Waals surface area contributed by atoms with Crippen LogP contribution in [-0.2, 0) is 6.42 Å². The summed E-state index contributed by atoms with van der Waals surface area (Å²) in [6.07, 6.45) is 5.35. The van der Waals surface area contributed by atoms with Gasteiger partial charge in [0, 0.05) is 48.6 Å². The molecule has 0 unspecified atom stereocenters. The van der Waals surface area contributed by atoms with Gasteiger partial charge in [-0.05, 0) is 31.9 Å². The molecule has 8 nitrogen and oxygen atoms in total. The molecule has 3 aromatic heterocycles. The summed E-state index contributed by atoms with van der Waals surface area (Å²) in [4.78, 5) is 17.3. The zero-order valence-electron chi connectivity index (χ0n) is 14.5. The molecular weight excluding hydrogens is 332 g/mol. The van der Waals surface area contributed by atoms with E-state index < -0.39 is 0 Å². The van der Waals surface area contributed by atoms with Crippen LogP contribution in [0.15, 0.2) is 35.1 Å². The lowest BCUT2D eigenvalue weighted by atomic mass is 9.80. The highest BCUT2D eigenvalue weighted by molar-refractivity contribution is 5.51. The Bertz CT molecular complexity index is 876. The largest absolute Gasteiger partial charge is 0.393 e. The van der Waals surface area contributed by atoms with Crippen LogP contribution in [0.2, 0.25) is 0 Å². The minimum absolute atomic E-state index is 0.196. The molecule has 0 aliphatic heterocycles. The Hall–Kier alpha value is -2.87. The molecule has 0 radical (unpaired) electrons. The second-order valence-corrected chi connectivity index (χ2v) is 6.48. The lowest BCUT2D eigenvalue weighted by Gasteiger charge is -2.31. The first-order chi connectivity index (χ1) is 12.7. The number of aliphatic hydroxyl groups is 1. The quantitative estimate of drug-likeness (QED) is 0.694. The van der Waals surface area contributed by atoms with Crippen molar-refractivity contribution in [1.29, 1.82) is 0 Å². The van der Waals surface area contributed by atoms with E-state index >= 15 is 0 Å². The van der Waals surface area contributed by atoms with Gasteiger partial charge in [0.05, 0.1) is 6.10 Å². The monoisotopic (exact) mass is 352 g/mol. The number of nitrogens with zero attached hydrogens (tertiary/aromatic N) is 5. The summed E-state index contributed by atoms with van der Waals surface area (Å²) in [6.45, 7) is 2.50. The van der Waals surface area contributed by atoms with Crippen LogP contribution in [0.4, 0.5) is 5.82 Å². The van der Waals surface area contributed by atoms with Gasteiger partial charge in [-0.15, -0.1) is 0 Å². The van der Waals surface area contributed by atoms with Crippen molar-refractivity contribution < 1.29 is 9.63 Å². The number of hydrogen-bond donors (Lipinski definition) is 2. The van der Waals surface area contributed by atoms with E-state index in [9.17, 15) is 5.11 Å². The topological polar surface area (TPSA) is 110 Å². The molecule has 1 aliphatic carbocycles. The third kappa shape index (κ3) is 3.70. The van der Waals surface area contributed by atoms with Gasteiger partial charge in [-0.1, -0.05) is 5.16 Å². The molecule has 2 N–H and O–H groups in total. The van der Waals surface area contributed by atoms with Gasteiger partial charge in [-0.3, -0.25) is 4.98 Å². The van der Waals surface area contributed by atoms with Crippen molar-refractivity contribution in [2.45, 2.75) is 38.2 Å². The number of aliphatic hydroxyl groups excluding tert-OH is 1. The second-order valence-electron chi connectivity index (χ2n) is 6.48. The minimum atomic E-state index is -0.196. The number of rotatable bonds is 6. The number of nitrogens with one attached hydrogen (secondary N) is 1. The first-order valence-corrected chi connectivity index (χ1v) is 8.68. The summed E-state index contributed by atoms with van der Waals surface area (Å²) < 4.78 is 5.29. The van der Waals surface area contributed by atoms with Gasteiger partial charge < -0.3 is 14.9 Å². The standard InChI is InChI=1S/C18H20N6O2/c1-11-21-15(13-7-14(25)8-13)9-16(22-11)20-6-4-17-23-18(24-26-17)12-3-2-5-19-10-12/h2-3,5,9-10,13-14,25H,4,6-8H2,1H3,(H,20,21,22). The number of anilines is 1. The maximum absolute atomic E-state index is 9.48. The Morgan fingerprint density at radius 2 is 2.15 bits per heavy atom. The molecule has 8 heteroatoms. The van der Waals surface area contributed by atoms with Crippen molar-refractivity contribution in [2.24, 2.45) is 0 Å². The van der Waals surface area contributed by atoms with Gasteiger partial charge in [0.2, 0.25) is 11.7 Å². The lowest BCUT2D eigenvalue weighted by molar-refractivity contribution is 0.0731. The van der Waals surface area contributed by atoms with Crippen molar-refractivity contribution in [3.63, 3.8) is 0 Å². The van der Waals surface area contributed by atoms with Crippen molar-refractivity contribution in [3.8, 4) is 11.4 Å². The Balaban J connectivity index is 1.36. The summed E-state index contributed by atoms with van der Waals surface area (Å²) in [5, 5.41) is 16.8. The highest BCUT2D eigenvalue weighted by atomic mass is 16.5. The van der Waals surface area contributed by atoms with Gasteiger partial charge in [0.25, 0.3) is 0 Å². The van der Waals surface area contributed by atoms with Crippen LogP contribution in [0.5, 0.6) is 0 Å². The van der Waals surface area contributed by atoms with E-state index in [0.717, 1.165) is 35.7 Å². The van der Waals surface area contributed by atoms with E-state index in [1.807, 2.05) is 25.1 Å². The second kappa shape index (κ2) is 7.17. The third-order valence-corrected chi connectivity index (χ3v) is 4.42. The highest BCUT2D eigenvalue weighted by Gasteiger charge is 2.30. The molecule has 4 rings (SSSR count). The number of pyridine rings is 1. The molecule has 3 aromatic rings. The van der Waals surface area contributed by atoms with E-state index in [2.05, 4.69) is 30.4 Å². The Kier molecular flexibility index (Phi) is 4.57. The zero-order chi connectivity index (χ0) is 17.9. The van der Waals surface area contributed by atoms with E-state index in [4.69, 9.17) is 4.52 Å². The van der Waals surface area contributed by atoms with Crippen molar-refractivity contribution in [2.75, 3.05) is 11.9 Å². The molecule has 1 fully saturated rings. The fraction of sp³-hybridized carbons (Fsp3) is 0.389. The van der Waals surface area contributed by atoms with Crippen molar-refractivity contribution in [3.05, 3.63) is 48.0 Å². The molecule has 26 heavy (non-hydrogen) atoms. The molecule has 0 saturated heterocycles. The summed E-state index contributed by atoms with van der Waals surface area (Å²) in [7, 11) is 0. The number of aromatic nitrogens is 5. The lowest BCUT2D eigenvalue weighted by Crippen LogP contribution is -2.27. The van der Waals surface area contributed by atoms with E-state index in [-0.39, 0.29) is 6.10 Å². The van der Waals surface area contributed by atoms with Crippen LogP contribution in [0.25, 0.3) is 11.4 Å². The molecule has 0 atom stereocenters. The van der Waals surface area contributed by atoms with Crippen LogP contribution in [0, 0.1) is 6.92 Å². The molecule has 0 bridgehead atoms. The molecule has 1 aliphatic rings. The highest BCUT2D eigenvalue weighted by Crippen LogP contribution is 2.36. The first-order valence-electron chi connectivity index (χ1n) is 8.68. The Morgan fingerprint density at radius 1 is 1.27 bits per heavy atom. The van der Waals surface area contributed by atoms with Gasteiger partial charge in [-0.25, -0.2) is 9.97 Å². The van der Waals surface area contributed by atoms with Gasteiger partial charge >= 0.3 is 0 Å². The Morgan fingerprint density at radius 3 is 2.92 bits per heavy atom. The van der Waals surface area contributed by atoms with E-state index in [1.165, 1.54) is 0 Å². The van der Waals surface area contributed by atoms with Crippen LogP contribution in [-0.4, -0.2) is 42.8 Å². The molecule has 0 spiro atoms. The normalized spacial score (nSPS) is 19.2. The van der Waals surface area contributed by atoms with Crippen molar-refractivity contribution >= 4 is 5.82 Å². The maximum atomic E-state index is 9.48. The summed E-state index contributed by atoms with van der Waals surface area (Å²) >= 11 is 0. The van der Waals surface area contributed by atoms with Crippen molar-refractivity contribution in [1.82, 2.24) is 25.1 Å². The molecule has 1 saturated carbocycles. The summed E-state index contributed by atoms with van der Waals surface area (Å²) in [5.41, 5.74) is 1.82.